The van der Waals surface area contributed by atoms with E-state index >= 15 is 0 Å². The second-order valence-corrected chi connectivity index (χ2v) is 6.37. The van der Waals surface area contributed by atoms with Crippen molar-refractivity contribution in [2.45, 2.75) is 5.60 Å². The Labute approximate surface area is 148 Å². The van der Waals surface area contributed by atoms with E-state index in [0.29, 0.717) is 17.9 Å². The minimum Gasteiger partial charge on any atom is -0.373 e. The largest absolute Gasteiger partial charge is 0.373 e. The molecule has 0 bridgehead atoms. The molecular weight excluding hydrogens is 310 g/mol. The van der Waals surface area contributed by atoms with Gasteiger partial charge in [-0.15, -0.1) is 0 Å². The molecular formula is C21H23N3O. The highest BCUT2D eigenvalue weighted by Gasteiger charge is 2.39. The predicted octanol–water partition coefficient (Wildman–Crippen LogP) is 3.23. The van der Waals surface area contributed by atoms with Crippen molar-refractivity contribution < 1.29 is 5.11 Å². The van der Waals surface area contributed by atoms with Crippen LogP contribution in [0.15, 0.2) is 85.2 Å². The van der Waals surface area contributed by atoms with Gasteiger partial charge in [0.1, 0.15) is 0 Å². The quantitative estimate of drug-likeness (QED) is 0.704. The summed E-state index contributed by atoms with van der Waals surface area (Å²) < 4.78 is 1.91. The Morgan fingerprint density at radius 3 is 2.28 bits per heavy atom. The van der Waals surface area contributed by atoms with Crippen LogP contribution in [0.3, 0.4) is 0 Å². The summed E-state index contributed by atoms with van der Waals surface area (Å²) in [6.07, 6.45) is 3.57. The van der Waals surface area contributed by atoms with E-state index < -0.39 is 5.60 Å². The zero-order valence-electron chi connectivity index (χ0n) is 14.6. The van der Waals surface area contributed by atoms with Gasteiger partial charge in [-0.1, -0.05) is 55.1 Å². The van der Waals surface area contributed by atoms with E-state index in [1.165, 1.54) is 0 Å². The first-order valence-corrected chi connectivity index (χ1v) is 8.23. The molecule has 3 aromatic rings. The van der Waals surface area contributed by atoms with Crippen LogP contribution in [0.4, 0.5) is 0 Å². The van der Waals surface area contributed by atoms with Crippen LogP contribution in [0, 0.1) is 0 Å². The first-order chi connectivity index (χ1) is 12.0. The summed E-state index contributed by atoms with van der Waals surface area (Å²) in [5.74, 6) is 0.539. The normalized spacial score (nSPS) is 13.6. The van der Waals surface area contributed by atoms with Crippen molar-refractivity contribution in [3.05, 3.63) is 96.6 Å². The lowest BCUT2D eigenvalue weighted by molar-refractivity contribution is 0.102. The lowest BCUT2D eigenvalue weighted by atomic mass is 9.85. The fourth-order valence-electron chi connectivity index (χ4n) is 3.03. The standard InChI is InChI=1S/C21H23N3O/c1-17(16-23(2)3)21(25,18-10-6-4-7-11-18)20-22-14-15-24(20)19-12-8-5-9-13-19/h4-15,25H,1,16H2,2-3H3. The highest BCUT2D eigenvalue weighted by molar-refractivity contribution is 5.43. The van der Waals surface area contributed by atoms with Crippen LogP contribution in [-0.2, 0) is 5.60 Å². The predicted molar refractivity (Wildman–Crippen MR) is 101 cm³/mol. The summed E-state index contributed by atoms with van der Waals surface area (Å²) >= 11 is 0. The number of hydrogen-bond donors (Lipinski definition) is 1. The molecule has 1 aromatic heterocycles. The molecule has 2 aromatic carbocycles. The first kappa shape index (κ1) is 17.1. The first-order valence-electron chi connectivity index (χ1n) is 8.23. The molecule has 1 heterocycles. The van der Waals surface area contributed by atoms with Crippen LogP contribution in [0.2, 0.25) is 0 Å². The molecule has 0 saturated heterocycles. The lowest BCUT2D eigenvalue weighted by Crippen LogP contribution is -2.36. The molecule has 25 heavy (non-hydrogen) atoms. The number of para-hydroxylation sites is 1. The number of imidazole rings is 1. The van der Waals surface area contributed by atoms with Gasteiger partial charge in [-0.25, -0.2) is 4.98 Å². The number of rotatable bonds is 6. The van der Waals surface area contributed by atoms with Crippen LogP contribution in [0.1, 0.15) is 11.4 Å². The molecule has 0 fully saturated rings. The zero-order chi connectivity index (χ0) is 17.9. The summed E-state index contributed by atoms with van der Waals surface area (Å²) in [6.45, 7) is 4.74. The summed E-state index contributed by atoms with van der Waals surface area (Å²) in [5.41, 5.74) is 0.990. The molecule has 0 aliphatic carbocycles. The van der Waals surface area contributed by atoms with E-state index in [4.69, 9.17) is 0 Å². The van der Waals surface area contributed by atoms with Gasteiger partial charge in [-0.05, 0) is 37.4 Å². The van der Waals surface area contributed by atoms with Crippen LogP contribution in [0.5, 0.6) is 0 Å². The number of aromatic nitrogens is 2. The maximum absolute atomic E-state index is 11.8. The van der Waals surface area contributed by atoms with E-state index in [0.717, 1.165) is 11.3 Å². The number of benzene rings is 2. The monoisotopic (exact) mass is 333 g/mol. The Morgan fingerprint density at radius 1 is 1.08 bits per heavy atom. The Kier molecular flexibility index (Phi) is 4.83. The molecule has 128 valence electrons. The van der Waals surface area contributed by atoms with Gasteiger partial charge in [-0.3, -0.25) is 0 Å². The van der Waals surface area contributed by atoms with Crippen molar-refractivity contribution in [3.63, 3.8) is 0 Å². The zero-order valence-corrected chi connectivity index (χ0v) is 14.6. The molecule has 0 aliphatic heterocycles. The van der Waals surface area contributed by atoms with Crippen molar-refractivity contribution in [1.29, 1.82) is 0 Å². The van der Waals surface area contributed by atoms with Crippen LogP contribution in [-0.4, -0.2) is 40.2 Å². The van der Waals surface area contributed by atoms with Gasteiger partial charge in [0.05, 0.1) is 0 Å². The van der Waals surface area contributed by atoms with E-state index in [1.807, 2.05) is 90.4 Å². The highest BCUT2D eigenvalue weighted by Crippen LogP contribution is 2.36. The van der Waals surface area contributed by atoms with Gasteiger partial charge in [0.2, 0.25) is 0 Å². The Balaban J connectivity index is 2.17. The van der Waals surface area contributed by atoms with Crippen molar-refractivity contribution in [3.8, 4) is 5.69 Å². The summed E-state index contributed by atoms with van der Waals surface area (Å²) in [6, 6.07) is 19.5. The minimum atomic E-state index is -1.38. The average Bonchev–Trinajstić information content (AvgIpc) is 3.12. The topological polar surface area (TPSA) is 41.3 Å². The van der Waals surface area contributed by atoms with E-state index in [-0.39, 0.29) is 0 Å². The third-order valence-electron chi connectivity index (χ3n) is 4.21. The molecule has 1 atom stereocenters. The fourth-order valence-corrected chi connectivity index (χ4v) is 3.03. The Morgan fingerprint density at radius 2 is 1.68 bits per heavy atom. The van der Waals surface area contributed by atoms with Crippen molar-refractivity contribution >= 4 is 0 Å². The molecule has 3 rings (SSSR count). The van der Waals surface area contributed by atoms with Crippen molar-refractivity contribution in [2.75, 3.05) is 20.6 Å². The number of aliphatic hydroxyl groups is 1. The molecule has 4 nitrogen and oxygen atoms in total. The Bertz CT molecular complexity index is 840. The SMILES string of the molecule is C=C(CN(C)C)C(O)(c1ccccc1)c1nccn1-c1ccccc1. The number of nitrogens with zero attached hydrogens (tertiary/aromatic N) is 3. The molecule has 0 amide bonds. The molecule has 0 saturated carbocycles. The highest BCUT2D eigenvalue weighted by atomic mass is 16.3. The minimum absolute atomic E-state index is 0.539. The molecule has 0 radical (unpaired) electrons. The smallest absolute Gasteiger partial charge is 0.170 e. The molecule has 4 heteroatoms. The fraction of sp³-hybridized carbons (Fsp3) is 0.190. The van der Waals surface area contributed by atoms with Gasteiger partial charge in [0.15, 0.2) is 11.4 Å². The van der Waals surface area contributed by atoms with E-state index in [2.05, 4.69) is 11.6 Å². The summed E-state index contributed by atoms with van der Waals surface area (Å²) in [5, 5.41) is 11.8. The second kappa shape index (κ2) is 7.05. The summed E-state index contributed by atoms with van der Waals surface area (Å²) in [7, 11) is 3.92. The van der Waals surface area contributed by atoms with Gasteiger partial charge in [-0.2, -0.15) is 0 Å². The van der Waals surface area contributed by atoms with Gasteiger partial charge in [0, 0.05) is 24.6 Å². The second-order valence-electron chi connectivity index (χ2n) is 6.37. The average molecular weight is 333 g/mol. The summed E-state index contributed by atoms with van der Waals surface area (Å²) in [4.78, 5) is 6.50. The molecule has 1 unspecified atom stereocenters. The van der Waals surface area contributed by atoms with Gasteiger partial charge < -0.3 is 14.6 Å². The van der Waals surface area contributed by atoms with Crippen LogP contribution < -0.4 is 0 Å². The maximum Gasteiger partial charge on any atom is 0.170 e. The van der Waals surface area contributed by atoms with Crippen LogP contribution >= 0.6 is 0 Å². The van der Waals surface area contributed by atoms with E-state index in [1.54, 1.807) is 6.20 Å². The van der Waals surface area contributed by atoms with Gasteiger partial charge >= 0.3 is 0 Å². The van der Waals surface area contributed by atoms with Crippen LogP contribution in [0.25, 0.3) is 5.69 Å². The third kappa shape index (κ3) is 3.27. The molecule has 0 aliphatic rings. The molecule has 0 spiro atoms. The third-order valence-corrected chi connectivity index (χ3v) is 4.21. The van der Waals surface area contributed by atoms with Crippen molar-refractivity contribution in [2.24, 2.45) is 0 Å². The number of likely N-dealkylation sites (N-methyl/N-ethyl adjacent to an activating group) is 1. The van der Waals surface area contributed by atoms with Crippen molar-refractivity contribution in [1.82, 2.24) is 14.5 Å². The maximum atomic E-state index is 11.8. The lowest BCUT2D eigenvalue weighted by Gasteiger charge is -2.32. The van der Waals surface area contributed by atoms with Gasteiger partial charge in [0.25, 0.3) is 0 Å². The molecule has 1 N–H and O–H groups in total. The Hall–Kier alpha value is -2.69. The van der Waals surface area contributed by atoms with E-state index in [9.17, 15) is 5.11 Å². The number of hydrogen-bond acceptors (Lipinski definition) is 3.